The molecule has 14 heavy (non-hydrogen) atoms. The summed E-state index contributed by atoms with van der Waals surface area (Å²) in [6.45, 7) is 0.506. The van der Waals surface area contributed by atoms with Gasteiger partial charge in [0.25, 0.3) is 0 Å². The molecule has 0 aliphatic carbocycles. The number of hydrogen-bond donors (Lipinski definition) is 3. The summed E-state index contributed by atoms with van der Waals surface area (Å²) in [5.74, 6) is -2.97. The number of nitrogens with one attached hydrogen (secondary N) is 1. The van der Waals surface area contributed by atoms with Crippen LogP contribution in [0.25, 0.3) is 0 Å². The number of carbonyl (C=O) groups is 2. The Balaban J connectivity index is -0.0000000145. The van der Waals surface area contributed by atoms with Gasteiger partial charge in [-0.15, -0.1) is 0 Å². The number of nitrogens with two attached hydrogens (primary N) is 1. The summed E-state index contributed by atoms with van der Waals surface area (Å²) < 4.78 is 0. The normalized spacial score (nSPS) is 6.36. The van der Waals surface area contributed by atoms with Gasteiger partial charge >= 0.3 is 130 Å². The van der Waals surface area contributed by atoms with Gasteiger partial charge in [0.2, 0.25) is 0 Å². The fourth-order valence-corrected chi connectivity index (χ4v) is 0.219. The van der Waals surface area contributed by atoms with Crippen molar-refractivity contribution in [2.75, 3.05) is 13.1 Å². The minimum Gasteiger partial charge on any atom is -1.00 e. The molecule has 66 valence electrons. The maximum absolute atomic E-state index is 10.1. The Bertz CT molecular complexity index is 161. The van der Waals surface area contributed by atoms with Gasteiger partial charge in [-0.05, 0) is 0 Å². The third-order valence-corrected chi connectivity index (χ3v) is 0.586. The van der Waals surface area contributed by atoms with E-state index in [1.165, 1.54) is 0 Å². The number of carboxylic acids is 1. The van der Waals surface area contributed by atoms with Crippen LogP contribution in [0.15, 0.2) is 0 Å². The summed E-state index contributed by atoms with van der Waals surface area (Å²) in [7, 11) is 0. The average Bonchev–Trinajstić information content (AvgIpc) is 1.88. The Morgan fingerprint density at radius 2 is 1.71 bits per heavy atom. The maximum atomic E-state index is 10.1. The first-order valence-corrected chi connectivity index (χ1v) is 2.55. The molecule has 0 radical (unpaired) electrons. The number of hydrogen-bond acceptors (Lipinski definition) is 5. The van der Waals surface area contributed by atoms with Crippen LogP contribution in [-0.2, 0) is 14.4 Å². The first kappa shape index (κ1) is 30.2. The first-order chi connectivity index (χ1) is 4.68. The fourth-order valence-electron chi connectivity index (χ4n) is 0.219. The Kier molecular flexibility index (Phi) is 45.6. The Hall–Kier alpha value is 2.86. The molecule has 0 aliphatic heterocycles. The number of hydroxylamine groups is 1. The van der Waals surface area contributed by atoms with Crippen LogP contribution in [0.3, 0.4) is 0 Å². The van der Waals surface area contributed by atoms with Gasteiger partial charge in [-0.2, -0.15) is 5.48 Å². The van der Waals surface area contributed by atoms with Crippen LogP contribution in [0.4, 0.5) is 0 Å². The second kappa shape index (κ2) is 21.2. The summed E-state index contributed by atoms with van der Waals surface area (Å²) >= 11 is 0. The molecule has 0 bridgehead atoms. The molecule has 10 heteroatoms. The monoisotopic (exact) mass is 244 g/mol. The summed E-state index contributed by atoms with van der Waals surface area (Å²) in [4.78, 5) is 23.8. The predicted octanol–water partition coefficient (Wildman–Crippen LogP) is -13.5. The van der Waals surface area contributed by atoms with Gasteiger partial charge in [0, 0.05) is 13.1 Å². The number of carbonyl (C=O) groups excluding carboxylic acids is 1. The molecule has 0 aromatic rings. The van der Waals surface area contributed by atoms with Crippen molar-refractivity contribution in [3.63, 3.8) is 0 Å². The van der Waals surface area contributed by atoms with Crippen molar-refractivity contribution in [1.82, 2.24) is 5.48 Å². The second-order valence-electron chi connectivity index (χ2n) is 1.38. The molecule has 0 fully saturated rings. The molecule has 4 N–H and O–H groups in total. The molecular weight excluding hydrogens is 232 g/mol. The number of rotatable bonds is 3. The van der Waals surface area contributed by atoms with E-state index in [-0.39, 0.29) is 137 Å². The summed E-state index contributed by atoms with van der Waals surface area (Å²) in [5.41, 5.74) is 7.05. The van der Waals surface area contributed by atoms with E-state index in [1.54, 1.807) is 0 Å². The van der Waals surface area contributed by atoms with E-state index in [9.17, 15) is 9.59 Å². The molecular formula is C4H12N2Na4O4. The molecule has 0 aliphatic rings. The zero-order chi connectivity index (χ0) is 7.98. The van der Waals surface area contributed by atoms with E-state index in [2.05, 4.69) is 10.3 Å². The van der Waals surface area contributed by atoms with Crippen LogP contribution in [0, 0.1) is 0 Å². The van der Waals surface area contributed by atoms with Gasteiger partial charge in [-0.25, -0.2) is 9.59 Å². The third kappa shape index (κ3) is 20.3. The summed E-state index contributed by atoms with van der Waals surface area (Å²) in [5, 5.41) is 7.94. The Labute approximate surface area is 177 Å². The topological polar surface area (TPSA) is 102 Å². The van der Waals surface area contributed by atoms with Crippen LogP contribution in [0.5, 0.6) is 0 Å². The molecule has 0 amide bonds. The molecule has 0 heterocycles. The molecule has 0 spiro atoms. The minimum atomic E-state index is -1.63. The molecule has 0 aromatic heterocycles. The number of carboxylic acid groups (broad SMARTS) is 1. The number of aliphatic carboxylic acids is 1. The van der Waals surface area contributed by atoms with Crippen molar-refractivity contribution in [3.05, 3.63) is 0 Å². The van der Waals surface area contributed by atoms with Gasteiger partial charge in [0.05, 0.1) is 0 Å². The SMILES string of the molecule is NCCNOC(=O)C(=O)O.[H-].[H-].[H-].[H-].[Na+].[Na+].[Na+].[Na+]. The molecule has 0 unspecified atom stereocenters. The van der Waals surface area contributed by atoms with E-state index in [4.69, 9.17) is 10.8 Å². The maximum Gasteiger partial charge on any atom is 1.00 e. The summed E-state index contributed by atoms with van der Waals surface area (Å²) in [6, 6.07) is 0. The van der Waals surface area contributed by atoms with Gasteiger partial charge in [0.15, 0.2) is 0 Å². The van der Waals surface area contributed by atoms with E-state index in [1.807, 2.05) is 0 Å². The van der Waals surface area contributed by atoms with Crippen molar-refractivity contribution in [3.8, 4) is 0 Å². The summed E-state index contributed by atoms with van der Waals surface area (Å²) in [6.07, 6.45) is 0. The van der Waals surface area contributed by atoms with Crippen molar-refractivity contribution in [2.45, 2.75) is 0 Å². The van der Waals surface area contributed by atoms with Crippen LogP contribution in [0.1, 0.15) is 5.71 Å². The standard InChI is InChI=1S/C4H8N2O4.4Na.4H/c5-1-2-6-10-4(9)3(7)8;;;;;;;;/h6H,1-2,5H2,(H,7,8);;;;;;;;/q;4*+1;4*-1. The van der Waals surface area contributed by atoms with Crippen molar-refractivity contribution >= 4 is 11.9 Å². The quantitative estimate of drug-likeness (QED) is 0.197. The minimum absolute atomic E-state index is 0. The van der Waals surface area contributed by atoms with Crippen LogP contribution < -0.4 is 129 Å². The second-order valence-corrected chi connectivity index (χ2v) is 1.38. The Morgan fingerprint density at radius 1 is 1.29 bits per heavy atom. The molecule has 0 aromatic carbocycles. The average molecular weight is 244 g/mol. The fraction of sp³-hybridized carbons (Fsp3) is 0.500. The first-order valence-electron chi connectivity index (χ1n) is 2.55. The third-order valence-electron chi connectivity index (χ3n) is 0.586. The zero-order valence-corrected chi connectivity index (χ0v) is 17.2. The van der Waals surface area contributed by atoms with E-state index in [0.717, 1.165) is 0 Å². The van der Waals surface area contributed by atoms with Crippen molar-refractivity contribution in [1.29, 1.82) is 0 Å². The van der Waals surface area contributed by atoms with Crippen molar-refractivity contribution < 1.29 is 143 Å². The van der Waals surface area contributed by atoms with E-state index < -0.39 is 11.9 Å². The smallest absolute Gasteiger partial charge is 1.00 e. The van der Waals surface area contributed by atoms with Crippen LogP contribution in [0.2, 0.25) is 0 Å². The molecule has 0 saturated heterocycles. The molecule has 0 atom stereocenters. The molecule has 0 rings (SSSR count). The van der Waals surface area contributed by atoms with Crippen molar-refractivity contribution in [2.24, 2.45) is 5.73 Å². The van der Waals surface area contributed by atoms with E-state index >= 15 is 0 Å². The van der Waals surface area contributed by atoms with Gasteiger partial charge in [-0.3, -0.25) is 0 Å². The predicted molar refractivity (Wildman–Crippen MR) is 35.2 cm³/mol. The van der Waals surface area contributed by atoms with Crippen LogP contribution in [-0.4, -0.2) is 30.1 Å². The van der Waals surface area contributed by atoms with Gasteiger partial charge < -0.3 is 21.4 Å². The van der Waals surface area contributed by atoms with Crippen LogP contribution >= 0.6 is 0 Å². The van der Waals surface area contributed by atoms with Gasteiger partial charge in [0.1, 0.15) is 0 Å². The van der Waals surface area contributed by atoms with E-state index in [0.29, 0.717) is 0 Å². The molecule has 0 saturated carbocycles. The largest absolute Gasteiger partial charge is 1.00 e. The Morgan fingerprint density at radius 3 is 2.00 bits per heavy atom. The molecule has 6 nitrogen and oxygen atoms in total. The zero-order valence-electron chi connectivity index (χ0n) is 13.2. The van der Waals surface area contributed by atoms with Gasteiger partial charge in [-0.1, -0.05) is 0 Å².